The molecule has 0 aliphatic carbocycles. The molecule has 0 unspecified atom stereocenters. The zero-order valence-corrected chi connectivity index (χ0v) is 21.7. The van der Waals surface area contributed by atoms with Crippen molar-refractivity contribution in [1.29, 1.82) is 0 Å². The van der Waals surface area contributed by atoms with E-state index in [2.05, 4.69) is 4.74 Å². The summed E-state index contributed by atoms with van der Waals surface area (Å²) in [7, 11) is 1.19. The molecular formula is C27H28N2O10. The van der Waals surface area contributed by atoms with Crippen molar-refractivity contribution in [2.75, 3.05) is 13.7 Å². The molecule has 2 aromatic heterocycles. The Morgan fingerprint density at radius 2 is 1.13 bits per heavy atom. The normalized spacial score (nSPS) is 10.7. The van der Waals surface area contributed by atoms with E-state index in [9.17, 15) is 39.6 Å². The quantitative estimate of drug-likeness (QED) is 0.217. The van der Waals surface area contributed by atoms with Crippen LogP contribution in [0.15, 0.2) is 46.2 Å². The third kappa shape index (κ3) is 5.21. The molecule has 0 atom stereocenters. The van der Waals surface area contributed by atoms with Gasteiger partial charge in [0.15, 0.2) is 23.0 Å². The fourth-order valence-corrected chi connectivity index (χ4v) is 4.04. The van der Waals surface area contributed by atoms with Crippen LogP contribution in [0.3, 0.4) is 0 Å². The minimum Gasteiger partial charge on any atom is -0.504 e. The van der Waals surface area contributed by atoms with Crippen LogP contribution in [0.4, 0.5) is 0 Å². The van der Waals surface area contributed by atoms with Crippen molar-refractivity contribution >= 4 is 33.7 Å². The maximum absolute atomic E-state index is 12.3. The van der Waals surface area contributed by atoms with Gasteiger partial charge in [-0.05, 0) is 45.0 Å². The van der Waals surface area contributed by atoms with Crippen LogP contribution >= 0.6 is 0 Å². The summed E-state index contributed by atoms with van der Waals surface area (Å²) in [5, 5.41) is 39.1. The molecule has 12 nitrogen and oxygen atoms in total. The van der Waals surface area contributed by atoms with E-state index in [1.165, 1.54) is 52.9 Å². The van der Waals surface area contributed by atoms with E-state index in [1.807, 2.05) is 0 Å². The lowest BCUT2D eigenvalue weighted by molar-refractivity contribution is 0.0523. The second-order valence-electron chi connectivity index (χ2n) is 8.19. The number of aromatic hydroxyl groups is 4. The van der Waals surface area contributed by atoms with E-state index < -0.39 is 22.8 Å². The summed E-state index contributed by atoms with van der Waals surface area (Å²) in [5.74, 6) is -2.83. The number of hydrogen-bond donors (Lipinski definition) is 4. The number of methoxy groups -OCH3 is 1. The third-order valence-corrected chi connectivity index (χ3v) is 5.96. The second kappa shape index (κ2) is 11.6. The van der Waals surface area contributed by atoms with Crippen LogP contribution in [0.1, 0.15) is 41.5 Å². The predicted octanol–water partition coefficient (Wildman–Crippen LogP) is 2.83. The van der Waals surface area contributed by atoms with Gasteiger partial charge >= 0.3 is 11.9 Å². The molecular weight excluding hydrogens is 512 g/mol. The number of aromatic nitrogens is 2. The largest absolute Gasteiger partial charge is 0.504 e. The molecule has 0 radical (unpaired) electrons. The standard InChI is InChI=1S/C14H15NO5.C13H13NO5/c1-3-15-7-9(14(19)20-4-2)12(17)8-5-6-10(16)13(18)11(8)15;1-3-14-6-8(13(18)19-2)11(16)7-4-5-9(15)12(17)10(7)14/h5-7,16,18H,3-4H2,1-2H3;4-6,15,17H,3H2,1-2H3. The van der Waals surface area contributed by atoms with E-state index in [-0.39, 0.29) is 62.5 Å². The van der Waals surface area contributed by atoms with E-state index >= 15 is 0 Å². The fourth-order valence-electron chi connectivity index (χ4n) is 4.04. The Morgan fingerprint density at radius 3 is 1.49 bits per heavy atom. The Balaban J connectivity index is 0.000000216. The molecule has 0 aliphatic rings. The Labute approximate surface area is 221 Å². The highest BCUT2D eigenvalue weighted by molar-refractivity contribution is 5.97. The minimum absolute atomic E-state index is 0.0914. The Kier molecular flexibility index (Phi) is 8.49. The van der Waals surface area contributed by atoms with Gasteiger partial charge in [-0.15, -0.1) is 0 Å². The summed E-state index contributed by atoms with van der Waals surface area (Å²) in [4.78, 5) is 47.8. The van der Waals surface area contributed by atoms with Crippen molar-refractivity contribution in [3.05, 3.63) is 68.2 Å². The molecule has 4 aromatic rings. The fraction of sp³-hybridized carbons (Fsp3) is 0.259. The third-order valence-electron chi connectivity index (χ3n) is 5.96. The van der Waals surface area contributed by atoms with Gasteiger partial charge in [0.1, 0.15) is 11.1 Å². The van der Waals surface area contributed by atoms with Crippen molar-refractivity contribution in [1.82, 2.24) is 9.13 Å². The lowest BCUT2D eigenvalue weighted by atomic mass is 10.1. The monoisotopic (exact) mass is 540 g/mol. The predicted molar refractivity (Wildman–Crippen MR) is 142 cm³/mol. The van der Waals surface area contributed by atoms with Gasteiger partial charge in [-0.1, -0.05) is 0 Å². The van der Waals surface area contributed by atoms with E-state index in [4.69, 9.17) is 4.74 Å². The van der Waals surface area contributed by atoms with Crippen LogP contribution in [0.25, 0.3) is 21.8 Å². The molecule has 0 saturated carbocycles. The number of benzene rings is 2. The number of esters is 2. The summed E-state index contributed by atoms with van der Waals surface area (Å²) in [5.41, 5.74) is -0.876. The number of carbonyl (C=O) groups excluding carboxylic acids is 2. The number of phenolic OH excluding ortho intramolecular Hbond substituents is 4. The van der Waals surface area contributed by atoms with Crippen molar-refractivity contribution < 1.29 is 39.5 Å². The molecule has 39 heavy (non-hydrogen) atoms. The SMILES string of the molecule is CCOC(=O)c1cn(CC)c2c(O)c(O)ccc2c1=O.CCn1cc(C(=O)OC)c(=O)c2ccc(O)c(O)c21. The lowest BCUT2D eigenvalue weighted by Gasteiger charge is -2.13. The average Bonchev–Trinajstić information content (AvgIpc) is 2.93. The Hall–Kier alpha value is -5.00. The van der Waals surface area contributed by atoms with Crippen molar-refractivity contribution in [3.8, 4) is 23.0 Å². The highest BCUT2D eigenvalue weighted by Crippen LogP contribution is 2.33. The first-order valence-corrected chi connectivity index (χ1v) is 11.9. The van der Waals surface area contributed by atoms with Crippen LogP contribution in [0, 0.1) is 0 Å². The highest BCUT2D eigenvalue weighted by atomic mass is 16.5. The zero-order chi connectivity index (χ0) is 29.0. The molecule has 0 fully saturated rings. The number of ether oxygens (including phenoxy) is 2. The van der Waals surface area contributed by atoms with Crippen LogP contribution in [0.2, 0.25) is 0 Å². The van der Waals surface area contributed by atoms with Gasteiger partial charge in [-0.25, -0.2) is 9.59 Å². The molecule has 2 aromatic carbocycles. The van der Waals surface area contributed by atoms with Crippen molar-refractivity contribution in [2.24, 2.45) is 0 Å². The number of hydrogen-bond acceptors (Lipinski definition) is 10. The van der Waals surface area contributed by atoms with E-state index in [0.29, 0.717) is 13.1 Å². The number of pyridine rings is 2. The summed E-state index contributed by atoms with van der Waals surface area (Å²) in [6.07, 6.45) is 2.65. The molecule has 0 amide bonds. The highest BCUT2D eigenvalue weighted by Gasteiger charge is 2.20. The van der Waals surface area contributed by atoms with Gasteiger partial charge < -0.3 is 39.0 Å². The van der Waals surface area contributed by atoms with E-state index in [1.54, 1.807) is 20.8 Å². The molecule has 206 valence electrons. The number of aryl methyl sites for hydroxylation is 2. The molecule has 2 heterocycles. The Morgan fingerprint density at radius 1 is 0.718 bits per heavy atom. The molecule has 0 aliphatic heterocycles. The van der Waals surface area contributed by atoms with Crippen LogP contribution < -0.4 is 10.9 Å². The summed E-state index contributed by atoms with van der Waals surface area (Å²) in [6.45, 7) is 6.24. The molecule has 4 rings (SSSR count). The summed E-state index contributed by atoms with van der Waals surface area (Å²) >= 11 is 0. The second-order valence-corrected chi connectivity index (χ2v) is 8.19. The van der Waals surface area contributed by atoms with Crippen molar-refractivity contribution in [2.45, 2.75) is 33.9 Å². The number of carbonyl (C=O) groups is 2. The molecule has 0 saturated heterocycles. The van der Waals surface area contributed by atoms with Crippen molar-refractivity contribution in [3.63, 3.8) is 0 Å². The number of fused-ring (bicyclic) bond motifs is 2. The van der Waals surface area contributed by atoms with Crippen LogP contribution in [-0.4, -0.2) is 55.2 Å². The lowest BCUT2D eigenvalue weighted by Crippen LogP contribution is -2.20. The van der Waals surface area contributed by atoms with Gasteiger partial charge in [0, 0.05) is 25.5 Å². The average molecular weight is 541 g/mol. The summed E-state index contributed by atoms with van der Waals surface area (Å²) < 4.78 is 12.4. The van der Waals surface area contributed by atoms with E-state index in [0.717, 1.165) is 0 Å². The smallest absolute Gasteiger partial charge is 0.343 e. The molecule has 4 N–H and O–H groups in total. The van der Waals surface area contributed by atoms with Crippen LogP contribution in [-0.2, 0) is 22.6 Å². The van der Waals surface area contributed by atoms with Gasteiger partial charge in [-0.3, -0.25) is 9.59 Å². The summed E-state index contributed by atoms with van der Waals surface area (Å²) in [6, 6.07) is 5.17. The molecule has 12 heteroatoms. The number of phenols is 4. The topological polar surface area (TPSA) is 178 Å². The first-order valence-electron chi connectivity index (χ1n) is 11.9. The maximum Gasteiger partial charge on any atom is 0.343 e. The molecule has 0 bridgehead atoms. The van der Waals surface area contributed by atoms with Gasteiger partial charge in [0.2, 0.25) is 10.9 Å². The Bertz CT molecular complexity index is 1700. The first kappa shape index (κ1) is 28.6. The number of rotatable bonds is 5. The van der Waals surface area contributed by atoms with Gasteiger partial charge in [0.05, 0.1) is 35.5 Å². The van der Waals surface area contributed by atoms with Crippen LogP contribution in [0.5, 0.6) is 23.0 Å². The zero-order valence-electron chi connectivity index (χ0n) is 21.7. The van der Waals surface area contributed by atoms with Gasteiger partial charge in [-0.2, -0.15) is 0 Å². The number of nitrogens with zero attached hydrogens (tertiary/aromatic N) is 2. The van der Waals surface area contributed by atoms with Gasteiger partial charge in [0.25, 0.3) is 0 Å². The first-order chi connectivity index (χ1) is 18.5. The minimum atomic E-state index is -0.735. The maximum atomic E-state index is 12.3. The molecule has 0 spiro atoms.